The van der Waals surface area contributed by atoms with Gasteiger partial charge >= 0.3 is 0 Å². The van der Waals surface area contributed by atoms with Gasteiger partial charge in [-0.3, -0.25) is 4.79 Å². The van der Waals surface area contributed by atoms with Crippen LogP contribution in [-0.4, -0.2) is 20.0 Å². The summed E-state index contributed by atoms with van der Waals surface area (Å²) in [4.78, 5) is 12.9. The van der Waals surface area contributed by atoms with Crippen molar-refractivity contribution in [3.63, 3.8) is 0 Å². The predicted molar refractivity (Wildman–Crippen MR) is 114 cm³/mol. The molecule has 0 saturated carbocycles. The summed E-state index contributed by atoms with van der Waals surface area (Å²) in [7, 11) is 4.68. The maximum atomic E-state index is 14.9. The Labute approximate surface area is 180 Å². The van der Waals surface area contributed by atoms with Gasteiger partial charge in [0.2, 0.25) is 11.6 Å². The van der Waals surface area contributed by atoms with Crippen molar-refractivity contribution in [3.05, 3.63) is 82.2 Å². The molecule has 3 rings (SSSR count). The maximum Gasteiger partial charge on any atom is 0.204 e. The van der Waals surface area contributed by atoms with Crippen molar-refractivity contribution in [3.8, 4) is 17.2 Å². The highest BCUT2D eigenvalue weighted by Gasteiger charge is 2.30. The molecule has 0 bridgehead atoms. The van der Waals surface area contributed by atoms with Gasteiger partial charge in [0.1, 0.15) is 18.1 Å². The molecule has 0 fully saturated rings. The van der Waals surface area contributed by atoms with Crippen molar-refractivity contribution in [2.75, 3.05) is 14.2 Å². The molecule has 0 aliphatic carbocycles. The average Bonchev–Trinajstić information content (AvgIpc) is 2.78. The van der Waals surface area contributed by atoms with Gasteiger partial charge in [-0.15, -0.1) is 9.24 Å². The van der Waals surface area contributed by atoms with Gasteiger partial charge < -0.3 is 14.2 Å². The van der Waals surface area contributed by atoms with Crippen LogP contribution in [0.25, 0.3) is 0 Å². The molecule has 0 aromatic heterocycles. The highest BCUT2D eigenvalue weighted by atomic mass is 31.0. The molecule has 0 amide bonds. The van der Waals surface area contributed by atoms with Gasteiger partial charge in [-0.25, -0.2) is 8.78 Å². The standard InChI is InChI=1S/C23H20F3O4P/c1-12-4-6-13(7-5-12)11-30-22-19(25)18(24)17(23(31)20(22)26)21(27)15-9-8-14(28-2)10-16(15)29-3/h4-10H,11,31H2,1-3H3. The molecule has 0 saturated heterocycles. The molecule has 0 heterocycles. The number of hydrogen-bond donors (Lipinski definition) is 0. The van der Waals surface area contributed by atoms with E-state index in [2.05, 4.69) is 0 Å². The van der Waals surface area contributed by atoms with Crippen molar-refractivity contribution in [1.29, 1.82) is 0 Å². The number of carbonyl (C=O) groups excluding carboxylic acids is 1. The topological polar surface area (TPSA) is 44.8 Å². The molecule has 31 heavy (non-hydrogen) atoms. The van der Waals surface area contributed by atoms with Gasteiger partial charge in [-0.1, -0.05) is 29.8 Å². The highest BCUT2D eigenvalue weighted by molar-refractivity contribution is 7.27. The first-order chi connectivity index (χ1) is 14.8. The zero-order chi connectivity index (χ0) is 22.7. The van der Waals surface area contributed by atoms with Crippen LogP contribution >= 0.6 is 9.24 Å². The van der Waals surface area contributed by atoms with E-state index in [-0.39, 0.29) is 17.9 Å². The molecular formula is C23H20F3O4P. The largest absolute Gasteiger partial charge is 0.497 e. The van der Waals surface area contributed by atoms with Crippen LogP contribution in [0.5, 0.6) is 17.2 Å². The Morgan fingerprint density at radius 3 is 2.23 bits per heavy atom. The minimum atomic E-state index is -1.58. The van der Waals surface area contributed by atoms with E-state index in [0.29, 0.717) is 11.3 Å². The lowest BCUT2D eigenvalue weighted by Crippen LogP contribution is -2.21. The van der Waals surface area contributed by atoms with Gasteiger partial charge in [-0.05, 0) is 24.6 Å². The van der Waals surface area contributed by atoms with Gasteiger partial charge in [0, 0.05) is 11.4 Å². The van der Waals surface area contributed by atoms with Crippen LogP contribution in [-0.2, 0) is 6.61 Å². The second-order valence-corrected chi connectivity index (χ2v) is 7.31. The van der Waals surface area contributed by atoms with Crippen molar-refractivity contribution in [2.45, 2.75) is 13.5 Å². The molecule has 0 radical (unpaired) electrons. The minimum absolute atomic E-state index is 0.0713. The van der Waals surface area contributed by atoms with Crippen LogP contribution in [0.15, 0.2) is 42.5 Å². The third-order valence-corrected chi connectivity index (χ3v) is 5.24. The molecule has 162 valence electrons. The first-order valence-corrected chi connectivity index (χ1v) is 9.77. The smallest absolute Gasteiger partial charge is 0.204 e. The molecule has 0 N–H and O–H groups in total. The third-order valence-electron chi connectivity index (χ3n) is 4.70. The molecule has 8 heteroatoms. The number of methoxy groups -OCH3 is 2. The van der Waals surface area contributed by atoms with Crippen LogP contribution in [0.4, 0.5) is 13.2 Å². The molecule has 1 atom stereocenters. The number of ether oxygens (including phenoxy) is 3. The van der Waals surface area contributed by atoms with E-state index in [0.717, 1.165) is 5.56 Å². The summed E-state index contributed by atoms with van der Waals surface area (Å²) in [5, 5.41) is -0.444. The molecule has 4 nitrogen and oxygen atoms in total. The van der Waals surface area contributed by atoms with Crippen LogP contribution < -0.4 is 19.5 Å². The zero-order valence-electron chi connectivity index (χ0n) is 17.1. The van der Waals surface area contributed by atoms with Crippen molar-refractivity contribution in [2.24, 2.45) is 0 Å². The van der Waals surface area contributed by atoms with Gasteiger partial charge in [-0.2, -0.15) is 4.39 Å². The first-order valence-electron chi connectivity index (χ1n) is 9.19. The fourth-order valence-corrected chi connectivity index (χ4v) is 3.35. The average molecular weight is 448 g/mol. The number of rotatable bonds is 7. The summed E-state index contributed by atoms with van der Waals surface area (Å²) < 4.78 is 59.9. The lowest BCUT2D eigenvalue weighted by Gasteiger charge is -2.15. The van der Waals surface area contributed by atoms with E-state index < -0.39 is 39.9 Å². The third kappa shape index (κ3) is 4.52. The van der Waals surface area contributed by atoms with E-state index in [1.54, 1.807) is 12.1 Å². The zero-order valence-corrected chi connectivity index (χ0v) is 18.2. The van der Waals surface area contributed by atoms with Crippen molar-refractivity contribution >= 4 is 20.3 Å². The Bertz CT molecular complexity index is 1100. The molecule has 3 aromatic carbocycles. The first kappa shape index (κ1) is 22.6. The fraction of sp³-hybridized carbons (Fsp3) is 0.174. The van der Waals surface area contributed by atoms with Gasteiger partial charge in [0.15, 0.2) is 17.4 Å². The second kappa shape index (κ2) is 9.40. The van der Waals surface area contributed by atoms with Crippen LogP contribution in [0.3, 0.4) is 0 Å². The Hall–Kier alpha value is -3.05. The SMILES string of the molecule is COc1ccc(C(=O)c2c(F)c(F)c(OCc3ccc(C)cc3)c(F)c2P)c(OC)c1. The summed E-state index contributed by atoms with van der Waals surface area (Å²) in [6, 6.07) is 11.3. The normalized spacial score (nSPS) is 10.7. The molecule has 0 spiro atoms. The quantitative estimate of drug-likeness (QED) is 0.298. The van der Waals surface area contributed by atoms with Crippen molar-refractivity contribution in [1.82, 2.24) is 0 Å². The summed E-state index contributed by atoms with van der Waals surface area (Å²) in [5.41, 5.74) is 0.832. The predicted octanol–water partition coefficient (Wildman–Crippen LogP) is 4.74. The van der Waals surface area contributed by atoms with Crippen LogP contribution in [0.1, 0.15) is 27.0 Å². The Morgan fingerprint density at radius 1 is 0.935 bits per heavy atom. The number of ketones is 1. The summed E-state index contributed by atoms with van der Waals surface area (Å²) >= 11 is 0. The fourth-order valence-electron chi connectivity index (χ4n) is 2.97. The second-order valence-electron chi connectivity index (χ2n) is 6.73. The number of carbonyl (C=O) groups is 1. The summed E-state index contributed by atoms with van der Waals surface area (Å²) in [6.45, 7) is 1.73. The van der Waals surface area contributed by atoms with E-state index in [9.17, 15) is 18.0 Å². The van der Waals surface area contributed by atoms with E-state index in [1.165, 1.54) is 32.4 Å². The van der Waals surface area contributed by atoms with E-state index in [4.69, 9.17) is 14.2 Å². The Kier molecular flexibility index (Phi) is 6.86. The number of halogens is 3. The van der Waals surface area contributed by atoms with E-state index >= 15 is 0 Å². The Morgan fingerprint density at radius 2 is 1.61 bits per heavy atom. The number of benzene rings is 3. The van der Waals surface area contributed by atoms with Gasteiger partial charge in [0.25, 0.3) is 0 Å². The number of hydrogen-bond acceptors (Lipinski definition) is 4. The molecule has 3 aromatic rings. The maximum absolute atomic E-state index is 14.9. The van der Waals surface area contributed by atoms with E-state index in [1.807, 2.05) is 28.3 Å². The van der Waals surface area contributed by atoms with Crippen molar-refractivity contribution < 1.29 is 32.2 Å². The van der Waals surface area contributed by atoms with Crippen LogP contribution in [0.2, 0.25) is 0 Å². The number of aryl methyl sites for hydroxylation is 1. The molecular weight excluding hydrogens is 428 g/mol. The minimum Gasteiger partial charge on any atom is -0.497 e. The molecule has 1 unspecified atom stereocenters. The summed E-state index contributed by atoms with van der Waals surface area (Å²) in [6.07, 6.45) is 0. The summed E-state index contributed by atoms with van der Waals surface area (Å²) in [5.74, 6) is -5.61. The monoisotopic (exact) mass is 448 g/mol. The Balaban J connectivity index is 1.99. The lowest BCUT2D eigenvalue weighted by molar-refractivity contribution is 0.103. The molecule has 0 aliphatic rings. The highest BCUT2D eigenvalue weighted by Crippen LogP contribution is 2.32. The molecule has 0 aliphatic heterocycles. The lowest BCUT2D eigenvalue weighted by atomic mass is 10.0. The van der Waals surface area contributed by atoms with Gasteiger partial charge in [0.05, 0.1) is 25.3 Å². The van der Waals surface area contributed by atoms with Crippen LogP contribution in [0, 0.1) is 24.4 Å².